The van der Waals surface area contributed by atoms with Gasteiger partial charge in [-0.05, 0) is 49.9 Å². The first-order valence-electron chi connectivity index (χ1n) is 7.77. The molecule has 1 aliphatic rings. The number of carboxylic acid groups (broad SMARTS) is 1. The van der Waals surface area contributed by atoms with Crippen molar-refractivity contribution >= 4 is 16.9 Å². The number of likely N-dealkylation sites (tertiary alicyclic amines) is 1. The summed E-state index contributed by atoms with van der Waals surface area (Å²) in [5.41, 5.74) is 2.45. The van der Waals surface area contributed by atoms with E-state index < -0.39 is 5.97 Å². The maximum Gasteiger partial charge on any atom is 0.303 e. The van der Waals surface area contributed by atoms with Crippen LogP contribution >= 0.6 is 0 Å². The molecule has 1 fully saturated rings. The van der Waals surface area contributed by atoms with Crippen molar-refractivity contribution in [3.63, 3.8) is 0 Å². The van der Waals surface area contributed by atoms with Gasteiger partial charge in [0.15, 0.2) is 0 Å². The number of nitrogens with one attached hydrogen (secondary N) is 1. The summed E-state index contributed by atoms with van der Waals surface area (Å²) >= 11 is 0. The normalized spacial score (nSPS) is 19.9. The van der Waals surface area contributed by atoms with E-state index in [1.807, 2.05) is 6.07 Å². The maximum absolute atomic E-state index is 10.7. The van der Waals surface area contributed by atoms with Gasteiger partial charge in [0.2, 0.25) is 0 Å². The van der Waals surface area contributed by atoms with E-state index in [9.17, 15) is 4.79 Å². The predicted molar refractivity (Wildman–Crippen MR) is 83.3 cm³/mol. The number of carboxylic acids is 1. The molecule has 3 rings (SSSR count). The molecule has 0 bridgehead atoms. The number of fused-ring (bicyclic) bond motifs is 1. The fourth-order valence-electron chi connectivity index (χ4n) is 3.32. The maximum atomic E-state index is 10.7. The van der Waals surface area contributed by atoms with Crippen LogP contribution in [-0.2, 0) is 4.79 Å². The highest BCUT2D eigenvalue weighted by Gasteiger charge is 2.24. The standard InChI is InChI=1S/C17H22N2O2/c20-17(21)9-5-11-19-10-4-3-8-16(19)15-12-13-6-1-2-7-14(13)18-15/h1-2,6-7,12,16,18H,3-5,8-11H2,(H,20,21)/t16-/m1/s1. The van der Waals surface area contributed by atoms with Gasteiger partial charge in [0.25, 0.3) is 0 Å². The van der Waals surface area contributed by atoms with Crippen molar-refractivity contribution < 1.29 is 9.90 Å². The van der Waals surface area contributed by atoms with Gasteiger partial charge in [-0.3, -0.25) is 9.69 Å². The van der Waals surface area contributed by atoms with Gasteiger partial charge in [0.1, 0.15) is 0 Å². The molecule has 4 heteroatoms. The summed E-state index contributed by atoms with van der Waals surface area (Å²) in [6.45, 7) is 1.94. The Morgan fingerprint density at radius 1 is 1.33 bits per heavy atom. The first kappa shape index (κ1) is 14.1. The smallest absolute Gasteiger partial charge is 0.303 e. The van der Waals surface area contributed by atoms with E-state index in [1.165, 1.54) is 29.4 Å². The van der Waals surface area contributed by atoms with Crippen LogP contribution in [-0.4, -0.2) is 34.0 Å². The number of hydrogen-bond acceptors (Lipinski definition) is 2. The molecule has 2 aromatic rings. The molecule has 1 aromatic carbocycles. The fourth-order valence-corrected chi connectivity index (χ4v) is 3.32. The first-order valence-corrected chi connectivity index (χ1v) is 7.77. The predicted octanol–water partition coefficient (Wildman–Crippen LogP) is 3.56. The zero-order valence-electron chi connectivity index (χ0n) is 12.2. The Hall–Kier alpha value is -1.81. The zero-order valence-corrected chi connectivity index (χ0v) is 12.2. The summed E-state index contributed by atoms with van der Waals surface area (Å²) < 4.78 is 0. The molecule has 0 unspecified atom stereocenters. The van der Waals surface area contributed by atoms with E-state index in [0.29, 0.717) is 6.04 Å². The topological polar surface area (TPSA) is 56.3 Å². The van der Waals surface area contributed by atoms with Crippen molar-refractivity contribution in [2.75, 3.05) is 13.1 Å². The number of aromatic amines is 1. The Kier molecular flexibility index (Phi) is 4.25. The number of rotatable bonds is 5. The van der Waals surface area contributed by atoms with Gasteiger partial charge in [0.05, 0.1) is 0 Å². The van der Waals surface area contributed by atoms with Gasteiger partial charge in [-0.1, -0.05) is 24.6 Å². The quantitative estimate of drug-likeness (QED) is 0.883. The van der Waals surface area contributed by atoms with Crippen LogP contribution in [0.2, 0.25) is 0 Å². The molecular weight excluding hydrogens is 264 g/mol. The molecule has 1 saturated heterocycles. The van der Waals surface area contributed by atoms with Crippen molar-refractivity contribution in [3.8, 4) is 0 Å². The highest BCUT2D eigenvalue weighted by molar-refractivity contribution is 5.80. The summed E-state index contributed by atoms with van der Waals surface area (Å²) in [6.07, 6.45) is 4.60. The van der Waals surface area contributed by atoms with Crippen LogP contribution < -0.4 is 0 Å². The number of carbonyl (C=O) groups is 1. The molecule has 21 heavy (non-hydrogen) atoms. The fraction of sp³-hybridized carbons (Fsp3) is 0.471. The van der Waals surface area contributed by atoms with E-state index in [0.717, 1.165) is 25.9 Å². The summed E-state index contributed by atoms with van der Waals surface area (Å²) in [5.74, 6) is -0.700. The van der Waals surface area contributed by atoms with Gasteiger partial charge in [-0.25, -0.2) is 0 Å². The van der Waals surface area contributed by atoms with Crippen molar-refractivity contribution in [3.05, 3.63) is 36.0 Å². The molecular formula is C17H22N2O2. The van der Waals surface area contributed by atoms with Crippen LogP contribution in [0.1, 0.15) is 43.8 Å². The van der Waals surface area contributed by atoms with Gasteiger partial charge < -0.3 is 10.1 Å². The second-order valence-electron chi connectivity index (χ2n) is 5.86. The molecule has 1 atom stereocenters. The van der Waals surface area contributed by atoms with Crippen molar-refractivity contribution in [1.82, 2.24) is 9.88 Å². The minimum absolute atomic E-state index is 0.260. The molecule has 0 spiro atoms. The van der Waals surface area contributed by atoms with E-state index in [-0.39, 0.29) is 6.42 Å². The summed E-state index contributed by atoms with van der Waals surface area (Å²) in [6, 6.07) is 11.0. The molecule has 2 heterocycles. The molecule has 0 radical (unpaired) electrons. The van der Waals surface area contributed by atoms with Crippen molar-refractivity contribution in [2.45, 2.75) is 38.1 Å². The molecule has 2 N–H and O–H groups in total. The van der Waals surface area contributed by atoms with Crippen LogP contribution in [0.15, 0.2) is 30.3 Å². The largest absolute Gasteiger partial charge is 0.481 e. The molecule has 4 nitrogen and oxygen atoms in total. The average Bonchev–Trinajstić information content (AvgIpc) is 2.91. The Morgan fingerprint density at radius 3 is 3.00 bits per heavy atom. The lowest BCUT2D eigenvalue weighted by molar-refractivity contribution is -0.137. The summed E-state index contributed by atoms with van der Waals surface area (Å²) in [7, 11) is 0. The zero-order chi connectivity index (χ0) is 14.7. The van der Waals surface area contributed by atoms with E-state index >= 15 is 0 Å². The van der Waals surface area contributed by atoms with Crippen LogP contribution in [0.4, 0.5) is 0 Å². The lowest BCUT2D eigenvalue weighted by Gasteiger charge is -2.35. The molecule has 0 amide bonds. The molecule has 112 valence electrons. The number of benzene rings is 1. The van der Waals surface area contributed by atoms with E-state index in [4.69, 9.17) is 5.11 Å². The number of aliphatic carboxylic acids is 1. The number of nitrogens with zero attached hydrogens (tertiary/aromatic N) is 1. The molecule has 0 aliphatic carbocycles. The van der Waals surface area contributed by atoms with Gasteiger partial charge >= 0.3 is 5.97 Å². The monoisotopic (exact) mass is 286 g/mol. The Labute approximate surface area is 124 Å². The SMILES string of the molecule is O=C(O)CCCN1CCCC[C@@H]1c1cc2ccccc2[nH]1. The summed E-state index contributed by atoms with van der Waals surface area (Å²) in [4.78, 5) is 16.7. The lowest BCUT2D eigenvalue weighted by Crippen LogP contribution is -2.34. The highest BCUT2D eigenvalue weighted by atomic mass is 16.4. The summed E-state index contributed by atoms with van der Waals surface area (Å²) in [5, 5.41) is 10.0. The minimum Gasteiger partial charge on any atom is -0.481 e. The highest BCUT2D eigenvalue weighted by Crippen LogP contribution is 2.32. The third kappa shape index (κ3) is 3.27. The third-order valence-electron chi connectivity index (χ3n) is 4.36. The van der Waals surface area contributed by atoms with Gasteiger partial charge in [-0.15, -0.1) is 0 Å². The Balaban J connectivity index is 1.75. The van der Waals surface area contributed by atoms with Crippen LogP contribution in [0.25, 0.3) is 10.9 Å². The van der Waals surface area contributed by atoms with Crippen molar-refractivity contribution in [2.24, 2.45) is 0 Å². The molecule has 1 aliphatic heterocycles. The second-order valence-corrected chi connectivity index (χ2v) is 5.86. The van der Waals surface area contributed by atoms with Crippen LogP contribution in [0.5, 0.6) is 0 Å². The number of para-hydroxylation sites is 1. The second kappa shape index (κ2) is 6.31. The number of H-pyrrole nitrogens is 1. The third-order valence-corrected chi connectivity index (χ3v) is 4.36. The molecule has 1 aromatic heterocycles. The molecule has 0 saturated carbocycles. The number of hydrogen-bond donors (Lipinski definition) is 2. The van der Waals surface area contributed by atoms with Crippen LogP contribution in [0.3, 0.4) is 0 Å². The van der Waals surface area contributed by atoms with Gasteiger partial charge in [0, 0.05) is 23.7 Å². The van der Waals surface area contributed by atoms with E-state index in [2.05, 4.69) is 34.1 Å². The van der Waals surface area contributed by atoms with Crippen molar-refractivity contribution in [1.29, 1.82) is 0 Å². The van der Waals surface area contributed by atoms with Gasteiger partial charge in [-0.2, -0.15) is 0 Å². The first-order chi connectivity index (χ1) is 10.2. The minimum atomic E-state index is -0.700. The number of piperidine rings is 1. The Bertz CT molecular complexity index is 587. The Morgan fingerprint density at radius 2 is 2.19 bits per heavy atom. The van der Waals surface area contributed by atoms with Crippen LogP contribution in [0, 0.1) is 0 Å². The lowest BCUT2D eigenvalue weighted by atomic mass is 9.99. The average molecular weight is 286 g/mol. The van der Waals surface area contributed by atoms with E-state index in [1.54, 1.807) is 0 Å². The number of aromatic nitrogens is 1.